The van der Waals surface area contributed by atoms with Gasteiger partial charge in [-0.3, -0.25) is 4.79 Å². The van der Waals surface area contributed by atoms with Crippen molar-refractivity contribution in [3.8, 4) is 0 Å². The maximum absolute atomic E-state index is 12.5. The average Bonchev–Trinajstić information content (AvgIpc) is 2.93. The third-order valence-electron chi connectivity index (χ3n) is 3.57. The van der Waals surface area contributed by atoms with Crippen molar-refractivity contribution in [1.82, 2.24) is 5.32 Å². The van der Waals surface area contributed by atoms with E-state index in [0.717, 1.165) is 22.3 Å². The van der Waals surface area contributed by atoms with Gasteiger partial charge in [-0.1, -0.05) is 36.4 Å². The molecule has 0 fully saturated rings. The zero-order valence-electron chi connectivity index (χ0n) is 12.1. The Balaban J connectivity index is 1.87. The van der Waals surface area contributed by atoms with Gasteiger partial charge in [0.25, 0.3) is 5.91 Å². The molecular formula is C18H17NO2. The molecular weight excluding hydrogens is 262 g/mol. The van der Waals surface area contributed by atoms with Gasteiger partial charge in [-0.2, -0.15) is 0 Å². The molecule has 1 amide bonds. The molecule has 0 saturated heterocycles. The highest BCUT2D eigenvalue weighted by atomic mass is 16.3. The van der Waals surface area contributed by atoms with E-state index in [2.05, 4.69) is 5.32 Å². The van der Waals surface area contributed by atoms with E-state index in [0.29, 0.717) is 5.56 Å². The van der Waals surface area contributed by atoms with E-state index < -0.39 is 0 Å². The van der Waals surface area contributed by atoms with E-state index in [-0.39, 0.29) is 11.9 Å². The standard InChI is InChI=1S/C18H17NO2/c1-12-10-11-17(21-12)13(2)19-18(20)16-9-5-7-14-6-3-4-8-15(14)16/h3-11,13H,1-2H3,(H,19,20). The summed E-state index contributed by atoms with van der Waals surface area (Å²) in [5.41, 5.74) is 0.684. The first-order valence-electron chi connectivity index (χ1n) is 7.00. The molecule has 0 bridgehead atoms. The van der Waals surface area contributed by atoms with Crippen LogP contribution in [0.2, 0.25) is 0 Å². The molecule has 3 heteroatoms. The predicted molar refractivity (Wildman–Crippen MR) is 83.3 cm³/mol. The van der Waals surface area contributed by atoms with Gasteiger partial charge in [-0.15, -0.1) is 0 Å². The van der Waals surface area contributed by atoms with Gasteiger partial charge >= 0.3 is 0 Å². The molecule has 1 aromatic heterocycles. The number of carbonyl (C=O) groups is 1. The van der Waals surface area contributed by atoms with Gasteiger partial charge in [0.1, 0.15) is 11.5 Å². The van der Waals surface area contributed by atoms with Crippen molar-refractivity contribution >= 4 is 16.7 Å². The van der Waals surface area contributed by atoms with Crippen LogP contribution in [0.3, 0.4) is 0 Å². The number of amides is 1. The van der Waals surface area contributed by atoms with Crippen LogP contribution < -0.4 is 5.32 Å². The number of aryl methyl sites for hydroxylation is 1. The number of fused-ring (bicyclic) bond motifs is 1. The maximum Gasteiger partial charge on any atom is 0.252 e. The molecule has 1 N–H and O–H groups in total. The molecule has 1 atom stereocenters. The molecule has 2 aromatic carbocycles. The number of carbonyl (C=O) groups excluding carboxylic acids is 1. The highest BCUT2D eigenvalue weighted by Crippen LogP contribution is 2.20. The molecule has 0 aliphatic rings. The van der Waals surface area contributed by atoms with E-state index in [4.69, 9.17) is 4.42 Å². The van der Waals surface area contributed by atoms with Crippen LogP contribution in [-0.4, -0.2) is 5.91 Å². The SMILES string of the molecule is Cc1ccc(C(C)NC(=O)c2cccc3ccccc23)o1. The zero-order valence-corrected chi connectivity index (χ0v) is 12.1. The lowest BCUT2D eigenvalue weighted by Gasteiger charge is -2.13. The van der Waals surface area contributed by atoms with Crippen molar-refractivity contribution in [3.63, 3.8) is 0 Å². The number of benzene rings is 2. The maximum atomic E-state index is 12.5. The first kappa shape index (κ1) is 13.4. The fraction of sp³-hybridized carbons (Fsp3) is 0.167. The van der Waals surface area contributed by atoms with E-state index in [9.17, 15) is 4.79 Å². The van der Waals surface area contributed by atoms with Gasteiger partial charge in [0.2, 0.25) is 0 Å². The Morgan fingerprint density at radius 1 is 1.05 bits per heavy atom. The molecule has 0 aliphatic heterocycles. The normalized spacial score (nSPS) is 12.3. The van der Waals surface area contributed by atoms with Gasteiger partial charge in [-0.05, 0) is 42.8 Å². The van der Waals surface area contributed by atoms with Gasteiger partial charge in [0.05, 0.1) is 6.04 Å². The fourth-order valence-electron chi connectivity index (χ4n) is 2.46. The topological polar surface area (TPSA) is 42.2 Å². The van der Waals surface area contributed by atoms with Crippen molar-refractivity contribution in [3.05, 3.63) is 71.7 Å². The summed E-state index contributed by atoms with van der Waals surface area (Å²) >= 11 is 0. The monoisotopic (exact) mass is 279 g/mol. The van der Waals surface area contributed by atoms with E-state index >= 15 is 0 Å². The van der Waals surface area contributed by atoms with Gasteiger partial charge in [-0.25, -0.2) is 0 Å². The van der Waals surface area contributed by atoms with Crippen molar-refractivity contribution in [2.24, 2.45) is 0 Å². The minimum atomic E-state index is -0.162. The van der Waals surface area contributed by atoms with Crippen molar-refractivity contribution in [2.45, 2.75) is 19.9 Å². The predicted octanol–water partition coefficient (Wildman–Crippen LogP) is 4.23. The minimum Gasteiger partial charge on any atom is -0.464 e. The van der Waals surface area contributed by atoms with Crippen LogP contribution in [0.15, 0.2) is 59.0 Å². The number of furan rings is 1. The van der Waals surface area contributed by atoms with Crippen LogP contribution in [0.25, 0.3) is 10.8 Å². The Morgan fingerprint density at radius 3 is 2.57 bits per heavy atom. The Labute approximate surface area is 123 Å². The smallest absolute Gasteiger partial charge is 0.252 e. The zero-order chi connectivity index (χ0) is 14.8. The molecule has 0 radical (unpaired) electrons. The summed E-state index contributed by atoms with van der Waals surface area (Å²) in [6.07, 6.45) is 0. The van der Waals surface area contributed by atoms with Crippen molar-refractivity contribution in [1.29, 1.82) is 0 Å². The fourth-order valence-corrected chi connectivity index (χ4v) is 2.46. The molecule has 3 aromatic rings. The molecule has 21 heavy (non-hydrogen) atoms. The van der Waals surface area contributed by atoms with Gasteiger partial charge < -0.3 is 9.73 Å². The Kier molecular flexibility index (Phi) is 3.48. The number of hydrogen-bond donors (Lipinski definition) is 1. The molecule has 0 spiro atoms. The minimum absolute atomic E-state index is 0.0895. The van der Waals surface area contributed by atoms with Crippen LogP contribution >= 0.6 is 0 Å². The molecule has 0 aliphatic carbocycles. The molecule has 106 valence electrons. The lowest BCUT2D eigenvalue weighted by Crippen LogP contribution is -2.26. The third kappa shape index (κ3) is 2.68. The summed E-state index contributed by atoms with van der Waals surface area (Å²) in [5.74, 6) is 1.52. The number of rotatable bonds is 3. The number of hydrogen-bond acceptors (Lipinski definition) is 2. The van der Waals surface area contributed by atoms with Gasteiger partial charge in [0, 0.05) is 5.56 Å². The van der Waals surface area contributed by atoms with E-state index in [1.165, 1.54) is 0 Å². The summed E-state index contributed by atoms with van der Waals surface area (Å²) in [6.45, 7) is 3.81. The van der Waals surface area contributed by atoms with Crippen molar-refractivity contribution in [2.75, 3.05) is 0 Å². The molecule has 3 nitrogen and oxygen atoms in total. The van der Waals surface area contributed by atoms with Crippen LogP contribution in [0.4, 0.5) is 0 Å². The van der Waals surface area contributed by atoms with Crippen LogP contribution in [0.1, 0.15) is 34.8 Å². The summed E-state index contributed by atoms with van der Waals surface area (Å²) in [6, 6.07) is 17.3. The summed E-state index contributed by atoms with van der Waals surface area (Å²) < 4.78 is 5.55. The van der Waals surface area contributed by atoms with Crippen LogP contribution in [0, 0.1) is 6.92 Å². The largest absolute Gasteiger partial charge is 0.464 e. The molecule has 1 unspecified atom stereocenters. The third-order valence-corrected chi connectivity index (χ3v) is 3.57. The highest BCUT2D eigenvalue weighted by Gasteiger charge is 2.15. The second-order valence-corrected chi connectivity index (χ2v) is 5.17. The second-order valence-electron chi connectivity index (χ2n) is 5.17. The summed E-state index contributed by atoms with van der Waals surface area (Å²) in [4.78, 5) is 12.5. The second kappa shape index (κ2) is 5.44. The highest BCUT2D eigenvalue weighted by molar-refractivity contribution is 6.07. The van der Waals surface area contributed by atoms with Gasteiger partial charge in [0.15, 0.2) is 0 Å². The quantitative estimate of drug-likeness (QED) is 0.779. The lowest BCUT2D eigenvalue weighted by molar-refractivity contribution is 0.0937. The van der Waals surface area contributed by atoms with Crippen molar-refractivity contribution < 1.29 is 9.21 Å². The van der Waals surface area contributed by atoms with E-state index in [1.807, 2.05) is 68.4 Å². The Morgan fingerprint density at radius 2 is 1.81 bits per heavy atom. The number of nitrogens with one attached hydrogen (secondary N) is 1. The molecule has 3 rings (SSSR count). The lowest BCUT2D eigenvalue weighted by atomic mass is 10.0. The first-order chi connectivity index (χ1) is 10.1. The Hall–Kier alpha value is -2.55. The Bertz CT molecular complexity index is 783. The average molecular weight is 279 g/mol. The first-order valence-corrected chi connectivity index (χ1v) is 7.00. The van der Waals surface area contributed by atoms with Crippen LogP contribution in [0.5, 0.6) is 0 Å². The molecule has 0 saturated carbocycles. The summed E-state index contributed by atoms with van der Waals surface area (Å²) in [5, 5.41) is 5.01. The van der Waals surface area contributed by atoms with Crippen LogP contribution in [-0.2, 0) is 0 Å². The van der Waals surface area contributed by atoms with E-state index in [1.54, 1.807) is 0 Å². The summed E-state index contributed by atoms with van der Waals surface area (Å²) in [7, 11) is 0. The molecule has 1 heterocycles.